The van der Waals surface area contributed by atoms with E-state index in [1.165, 1.54) is 82.2 Å². The van der Waals surface area contributed by atoms with Gasteiger partial charge in [0, 0.05) is 28.2 Å². The molecular weight excluding hydrogens is 713 g/mol. The van der Waals surface area contributed by atoms with Crippen LogP contribution in [0.5, 0.6) is 0 Å². The van der Waals surface area contributed by atoms with Crippen LogP contribution >= 0.6 is 0 Å². The molecule has 9 aromatic carbocycles. The Kier molecular flexibility index (Phi) is 7.71. The number of rotatable bonds is 5. The van der Waals surface area contributed by atoms with Crippen LogP contribution in [0, 0.1) is 0 Å². The number of pyridine rings is 1. The maximum absolute atomic E-state index is 5.02. The first-order valence-corrected chi connectivity index (χ1v) is 20.6. The van der Waals surface area contributed by atoms with Gasteiger partial charge in [-0.25, -0.2) is 0 Å². The van der Waals surface area contributed by atoms with Gasteiger partial charge in [0.1, 0.15) is 0 Å². The molecule has 0 amide bonds. The Morgan fingerprint density at radius 2 is 1.07 bits per heavy atom. The van der Waals surface area contributed by atoms with Crippen molar-refractivity contribution in [2.45, 2.75) is 12.8 Å². The maximum atomic E-state index is 5.02. The summed E-state index contributed by atoms with van der Waals surface area (Å²) in [5.74, 6) is 0. The zero-order valence-electron chi connectivity index (χ0n) is 32.4. The second-order valence-electron chi connectivity index (χ2n) is 15.8. The fraction of sp³-hybridized carbons (Fsp3) is 0.0351. The highest BCUT2D eigenvalue weighted by atomic mass is 15.0. The lowest BCUT2D eigenvalue weighted by Crippen LogP contribution is -1.96. The molecular formula is C57H38N2. The van der Waals surface area contributed by atoms with Crippen LogP contribution in [0.4, 0.5) is 0 Å². The number of para-hydroxylation sites is 1. The van der Waals surface area contributed by atoms with Gasteiger partial charge in [0.25, 0.3) is 0 Å². The number of benzene rings is 9. The average molecular weight is 751 g/mol. The molecule has 0 fully saturated rings. The lowest BCUT2D eigenvalue weighted by molar-refractivity contribution is 0.986. The van der Waals surface area contributed by atoms with E-state index in [-0.39, 0.29) is 0 Å². The maximum Gasteiger partial charge on any atom is 0.0802 e. The molecule has 0 spiro atoms. The fourth-order valence-corrected chi connectivity index (χ4v) is 9.73. The lowest BCUT2D eigenvalue weighted by atomic mass is 9.83. The largest absolute Gasteiger partial charge is 0.309 e. The monoisotopic (exact) mass is 750 g/mol. The Labute approximate surface area is 343 Å². The van der Waals surface area contributed by atoms with Crippen molar-refractivity contribution in [3.8, 4) is 50.3 Å². The predicted molar refractivity (Wildman–Crippen MR) is 250 cm³/mol. The number of fused-ring (bicyclic) bond motifs is 7. The molecule has 0 aliphatic heterocycles. The van der Waals surface area contributed by atoms with Crippen LogP contribution in [0.2, 0.25) is 0 Å². The molecule has 0 bridgehead atoms. The SMILES string of the molecule is C1=Cc2ccc(-c3c4ccccc4c(-c4ccc5ccccc5c4)c4cc(-c5ccc6c(c5)c5c(-c7ccccc7)nccc5n6-c5ccccc5)ccc34)cc2CC1. The van der Waals surface area contributed by atoms with E-state index in [0.717, 1.165) is 46.2 Å². The minimum absolute atomic E-state index is 0.994. The van der Waals surface area contributed by atoms with Crippen molar-refractivity contribution in [2.24, 2.45) is 0 Å². The van der Waals surface area contributed by atoms with Gasteiger partial charge in [-0.15, -0.1) is 0 Å². The van der Waals surface area contributed by atoms with Gasteiger partial charge in [-0.05, 0) is 132 Å². The molecule has 0 radical (unpaired) electrons. The third-order valence-corrected chi connectivity index (χ3v) is 12.4. The van der Waals surface area contributed by atoms with Crippen LogP contribution in [0.3, 0.4) is 0 Å². The third kappa shape index (κ3) is 5.45. The van der Waals surface area contributed by atoms with Crippen molar-refractivity contribution in [3.63, 3.8) is 0 Å². The van der Waals surface area contributed by atoms with E-state index in [2.05, 4.69) is 205 Å². The topological polar surface area (TPSA) is 17.8 Å². The number of nitrogens with zero attached hydrogens (tertiary/aromatic N) is 2. The molecule has 0 unspecified atom stereocenters. The van der Waals surface area contributed by atoms with Gasteiger partial charge in [-0.1, -0.05) is 158 Å². The van der Waals surface area contributed by atoms with Crippen molar-refractivity contribution in [2.75, 3.05) is 0 Å². The van der Waals surface area contributed by atoms with Crippen LogP contribution < -0.4 is 0 Å². The summed E-state index contributed by atoms with van der Waals surface area (Å²) in [7, 11) is 0. The van der Waals surface area contributed by atoms with E-state index in [0.29, 0.717) is 0 Å². The summed E-state index contributed by atoms with van der Waals surface area (Å²) in [5.41, 5.74) is 15.7. The highest BCUT2D eigenvalue weighted by molar-refractivity contribution is 6.23. The van der Waals surface area contributed by atoms with Gasteiger partial charge in [0.2, 0.25) is 0 Å². The van der Waals surface area contributed by atoms with Gasteiger partial charge >= 0.3 is 0 Å². The van der Waals surface area contributed by atoms with Crippen molar-refractivity contribution >= 4 is 60.2 Å². The summed E-state index contributed by atoms with van der Waals surface area (Å²) in [5, 5.41) is 9.89. The first kappa shape index (κ1) is 33.6. The Hall–Kier alpha value is -7.55. The van der Waals surface area contributed by atoms with E-state index in [9.17, 15) is 0 Å². The minimum Gasteiger partial charge on any atom is -0.309 e. The first-order chi connectivity index (χ1) is 29.3. The van der Waals surface area contributed by atoms with Crippen molar-refractivity contribution < 1.29 is 0 Å². The number of aryl methyl sites for hydroxylation is 1. The van der Waals surface area contributed by atoms with Gasteiger partial charge in [-0.3, -0.25) is 4.98 Å². The summed E-state index contributed by atoms with van der Waals surface area (Å²) in [6, 6.07) is 69.3. The Morgan fingerprint density at radius 1 is 0.424 bits per heavy atom. The lowest BCUT2D eigenvalue weighted by Gasteiger charge is -2.20. The van der Waals surface area contributed by atoms with Crippen LogP contribution in [-0.4, -0.2) is 9.55 Å². The standard InChI is InChI=1S/C57H38N2/c1-3-15-39(16-4-1)57-56-51-36-43(28-30-52(51)59(53(56)31-32-58-57)46-19-5-2-6-20-46)42-27-29-49-50(35-42)55(45-26-24-38-14-8-10-18-41(38)34-45)48-22-12-11-21-47(48)54(49)44-25-23-37-13-7-9-17-40(37)33-44/h1-8,10-16,18-36H,9,17H2. The molecule has 12 rings (SSSR count). The summed E-state index contributed by atoms with van der Waals surface area (Å²) < 4.78 is 2.38. The molecule has 0 N–H and O–H groups in total. The van der Waals surface area contributed by atoms with E-state index in [1.54, 1.807) is 0 Å². The molecule has 2 heteroatoms. The summed E-state index contributed by atoms with van der Waals surface area (Å²) in [6.07, 6.45) is 8.67. The molecule has 1 aliphatic rings. The van der Waals surface area contributed by atoms with Gasteiger partial charge in [0.05, 0.1) is 16.7 Å². The zero-order valence-corrected chi connectivity index (χ0v) is 32.4. The molecule has 2 aromatic heterocycles. The highest BCUT2D eigenvalue weighted by Gasteiger charge is 2.21. The molecule has 2 nitrogen and oxygen atoms in total. The van der Waals surface area contributed by atoms with Gasteiger partial charge in [-0.2, -0.15) is 0 Å². The van der Waals surface area contributed by atoms with Crippen molar-refractivity contribution in [3.05, 3.63) is 211 Å². The van der Waals surface area contributed by atoms with Crippen LogP contribution in [0.15, 0.2) is 200 Å². The van der Waals surface area contributed by atoms with Crippen LogP contribution in [-0.2, 0) is 6.42 Å². The molecule has 11 aromatic rings. The second kappa shape index (κ2) is 13.5. The quantitative estimate of drug-likeness (QED) is 0.160. The molecule has 59 heavy (non-hydrogen) atoms. The summed E-state index contributed by atoms with van der Waals surface area (Å²) in [6.45, 7) is 0. The van der Waals surface area contributed by atoms with Crippen molar-refractivity contribution in [1.29, 1.82) is 0 Å². The number of allylic oxidation sites excluding steroid dienone is 1. The molecule has 1 aliphatic carbocycles. The molecule has 2 heterocycles. The number of hydrogen-bond acceptors (Lipinski definition) is 1. The number of aromatic nitrogens is 2. The normalized spacial score (nSPS) is 12.5. The van der Waals surface area contributed by atoms with E-state index in [1.807, 2.05) is 6.20 Å². The number of hydrogen-bond donors (Lipinski definition) is 0. The molecule has 0 atom stereocenters. The van der Waals surface area contributed by atoms with Crippen LogP contribution in [0.25, 0.3) is 111 Å². The Morgan fingerprint density at radius 3 is 1.90 bits per heavy atom. The van der Waals surface area contributed by atoms with Crippen molar-refractivity contribution in [1.82, 2.24) is 9.55 Å². The summed E-state index contributed by atoms with van der Waals surface area (Å²) in [4.78, 5) is 5.02. The third-order valence-electron chi connectivity index (χ3n) is 12.4. The fourth-order valence-electron chi connectivity index (χ4n) is 9.73. The first-order valence-electron chi connectivity index (χ1n) is 20.6. The zero-order chi connectivity index (χ0) is 38.9. The smallest absolute Gasteiger partial charge is 0.0802 e. The predicted octanol–water partition coefficient (Wildman–Crippen LogP) is 15.3. The highest BCUT2D eigenvalue weighted by Crippen LogP contribution is 2.47. The van der Waals surface area contributed by atoms with E-state index in [4.69, 9.17) is 4.98 Å². The summed E-state index contributed by atoms with van der Waals surface area (Å²) >= 11 is 0. The van der Waals surface area contributed by atoms with E-state index >= 15 is 0 Å². The Bertz CT molecular complexity index is 3480. The minimum atomic E-state index is 0.994. The second-order valence-corrected chi connectivity index (χ2v) is 15.8. The van der Waals surface area contributed by atoms with Gasteiger partial charge < -0.3 is 4.57 Å². The van der Waals surface area contributed by atoms with Gasteiger partial charge in [0.15, 0.2) is 0 Å². The molecule has 276 valence electrons. The molecule has 0 saturated carbocycles. The van der Waals surface area contributed by atoms with Crippen LogP contribution in [0.1, 0.15) is 17.5 Å². The van der Waals surface area contributed by atoms with E-state index < -0.39 is 0 Å². The average Bonchev–Trinajstić information content (AvgIpc) is 3.65. The molecule has 0 saturated heterocycles. The Balaban J connectivity index is 1.15.